The monoisotopic (exact) mass is 189 g/mol. The summed E-state index contributed by atoms with van der Waals surface area (Å²) >= 11 is 0. The Labute approximate surface area is 81.7 Å². The number of nitrogens with one attached hydrogen (secondary N) is 1. The summed E-state index contributed by atoms with van der Waals surface area (Å²) in [5.74, 6) is 0. The van der Waals surface area contributed by atoms with Crippen molar-refractivity contribution >= 4 is 0 Å². The third kappa shape index (κ3) is 11.9. The fourth-order valence-corrected chi connectivity index (χ4v) is 0.820. The van der Waals surface area contributed by atoms with Crippen LogP contribution < -0.4 is 5.48 Å². The fourth-order valence-electron chi connectivity index (χ4n) is 0.820. The molecule has 0 spiro atoms. The number of unbranched alkanes of at least 4 members (excludes halogenated alkanes) is 3. The second-order valence-electron chi connectivity index (χ2n) is 4.23. The first-order chi connectivity index (χ1) is 6.06. The number of rotatable bonds is 7. The number of hydrogen-bond donors (Lipinski definition) is 1. The molecule has 0 fully saturated rings. The van der Waals surface area contributed by atoms with Gasteiger partial charge >= 0.3 is 0 Å². The predicted octanol–water partition coefficient (Wildman–Crippen LogP) is 2.82. The maximum absolute atomic E-state index is 5.02. The fraction of sp³-hybridized carbons (Fsp3) is 1.00. The minimum atomic E-state index is -0.240. The molecule has 0 aliphatic carbocycles. The van der Waals surface area contributed by atoms with E-state index in [9.17, 15) is 0 Å². The first-order valence-electron chi connectivity index (χ1n) is 5.14. The average molecular weight is 189 g/mol. The number of hydroxylamine groups is 1. The highest BCUT2D eigenvalue weighted by molar-refractivity contribution is 4.54. The van der Waals surface area contributed by atoms with Gasteiger partial charge in [-0.3, -0.25) is 0 Å². The van der Waals surface area contributed by atoms with Gasteiger partial charge in [0.25, 0.3) is 0 Å². The van der Waals surface area contributed by atoms with Gasteiger partial charge in [0.1, 0.15) is 0 Å². The van der Waals surface area contributed by atoms with Crippen molar-refractivity contribution in [1.82, 2.24) is 5.48 Å². The summed E-state index contributed by atoms with van der Waals surface area (Å²) in [6, 6.07) is 0. The Bertz CT molecular complexity index is 110. The third-order valence-corrected chi connectivity index (χ3v) is 1.48. The van der Waals surface area contributed by atoms with E-state index in [1.807, 2.05) is 20.8 Å². The van der Waals surface area contributed by atoms with Crippen LogP contribution in [0.5, 0.6) is 0 Å². The van der Waals surface area contributed by atoms with Crippen LogP contribution in [0.25, 0.3) is 0 Å². The van der Waals surface area contributed by atoms with Crippen LogP contribution in [0.2, 0.25) is 0 Å². The van der Waals surface area contributed by atoms with Crippen LogP contribution in [-0.2, 0) is 9.88 Å². The van der Waals surface area contributed by atoms with Gasteiger partial charge in [-0.25, -0.2) is 4.89 Å². The summed E-state index contributed by atoms with van der Waals surface area (Å²) in [7, 11) is 0. The Kier molecular flexibility index (Phi) is 7.23. The molecule has 0 unspecified atom stereocenters. The Morgan fingerprint density at radius 2 is 1.77 bits per heavy atom. The van der Waals surface area contributed by atoms with Crippen LogP contribution in [0.3, 0.4) is 0 Å². The average Bonchev–Trinajstić information content (AvgIpc) is 2.01. The predicted molar refractivity (Wildman–Crippen MR) is 54.1 cm³/mol. The molecule has 0 aliphatic heterocycles. The Balaban J connectivity index is 3.00. The van der Waals surface area contributed by atoms with Crippen molar-refractivity contribution in [2.75, 3.05) is 6.54 Å². The normalized spacial score (nSPS) is 12.0. The molecule has 0 aromatic heterocycles. The highest BCUT2D eigenvalue weighted by atomic mass is 17.3. The van der Waals surface area contributed by atoms with E-state index in [1.165, 1.54) is 19.3 Å². The van der Waals surface area contributed by atoms with E-state index in [-0.39, 0.29) is 5.60 Å². The molecule has 0 amide bonds. The van der Waals surface area contributed by atoms with E-state index >= 15 is 0 Å². The van der Waals surface area contributed by atoms with E-state index in [0.29, 0.717) is 0 Å². The van der Waals surface area contributed by atoms with Crippen molar-refractivity contribution < 1.29 is 9.88 Å². The van der Waals surface area contributed by atoms with E-state index in [2.05, 4.69) is 12.4 Å². The van der Waals surface area contributed by atoms with Crippen LogP contribution in [0.4, 0.5) is 0 Å². The van der Waals surface area contributed by atoms with Gasteiger partial charge in [0.05, 0.1) is 5.60 Å². The van der Waals surface area contributed by atoms with Crippen LogP contribution in [0.1, 0.15) is 53.4 Å². The molecule has 1 N–H and O–H groups in total. The lowest BCUT2D eigenvalue weighted by molar-refractivity contribution is -0.383. The molecule has 0 aromatic rings. The maximum Gasteiger partial charge on any atom is 0.0972 e. The zero-order valence-corrected chi connectivity index (χ0v) is 9.35. The highest BCUT2D eigenvalue weighted by Gasteiger charge is 2.10. The minimum Gasteiger partial charge on any atom is -0.212 e. The summed E-state index contributed by atoms with van der Waals surface area (Å²) in [5.41, 5.74) is 2.54. The van der Waals surface area contributed by atoms with Gasteiger partial charge in [0, 0.05) is 6.54 Å². The summed E-state index contributed by atoms with van der Waals surface area (Å²) < 4.78 is 0. The molecule has 0 radical (unpaired) electrons. The minimum absolute atomic E-state index is 0.240. The molecule has 0 rings (SSSR count). The summed E-state index contributed by atoms with van der Waals surface area (Å²) in [6.45, 7) is 8.91. The second-order valence-corrected chi connectivity index (χ2v) is 4.23. The third-order valence-electron chi connectivity index (χ3n) is 1.48. The molecule has 3 nitrogen and oxygen atoms in total. The van der Waals surface area contributed by atoms with Crippen molar-refractivity contribution in [3.63, 3.8) is 0 Å². The number of hydrogen-bond acceptors (Lipinski definition) is 3. The molecule has 80 valence electrons. The first-order valence-corrected chi connectivity index (χ1v) is 5.14. The van der Waals surface area contributed by atoms with Crippen LogP contribution >= 0.6 is 0 Å². The van der Waals surface area contributed by atoms with Gasteiger partial charge in [-0.05, 0) is 27.2 Å². The summed E-state index contributed by atoms with van der Waals surface area (Å²) in [6.07, 6.45) is 4.95. The molecule has 0 aromatic carbocycles. The topological polar surface area (TPSA) is 30.5 Å². The maximum atomic E-state index is 5.02. The van der Waals surface area contributed by atoms with Gasteiger partial charge in [0.15, 0.2) is 0 Å². The van der Waals surface area contributed by atoms with E-state index < -0.39 is 0 Å². The summed E-state index contributed by atoms with van der Waals surface area (Å²) in [4.78, 5) is 9.85. The van der Waals surface area contributed by atoms with Gasteiger partial charge in [-0.1, -0.05) is 26.2 Å². The van der Waals surface area contributed by atoms with Gasteiger partial charge in [-0.2, -0.15) is 5.48 Å². The molecule has 0 bridgehead atoms. The van der Waals surface area contributed by atoms with Crippen LogP contribution in [0.15, 0.2) is 0 Å². The molecular weight excluding hydrogens is 166 g/mol. The molecule has 0 saturated heterocycles. The van der Waals surface area contributed by atoms with Crippen molar-refractivity contribution in [2.24, 2.45) is 0 Å². The smallest absolute Gasteiger partial charge is 0.0972 e. The molecule has 0 heterocycles. The SMILES string of the molecule is CCCCCCNOOC(C)(C)C. The largest absolute Gasteiger partial charge is 0.212 e. The Hall–Kier alpha value is -0.120. The van der Waals surface area contributed by atoms with Crippen LogP contribution in [-0.4, -0.2) is 12.1 Å². The lowest BCUT2D eigenvalue weighted by Crippen LogP contribution is -2.26. The van der Waals surface area contributed by atoms with Crippen LogP contribution in [0, 0.1) is 0 Å². The van der Waals surface area contributed by atoms with E-state index in [1.54, 1.807) is 0 Å². The van der Waals surface area contributed by atoms with Gasteiger partial charge < -0.3 is 0 Å². The molecule has 0 atom stereocenters. The van der Waals surface area contributed by atoms with Crippen molar-refractivity contribution in [2.45, 2.75) is 59.0 Å². The lowest BCUT2D eigenvalue weighted by Gasteiger charge is -2.16. The molecule has 13 heavy (non-hydrogen) atoms. The molecule has 0 aliphatic rings. The lowest BCUT2D eigenvalue weighted by atomic mass is 10.2. The molecular formula is C10H23NO2. The van der Waals surface area contributed by atoms with Crippen molar-refractivity contribution in [1.29, 1.82) is 0 Å². The Morgan fingerprint density at radius 1 is 1.08 bits per heavy atom. The van der Waals surface area contributed by atoms with Crippen molar-refractivity contribution in [3.05, 3.63) is 0 Å². The van der Waals surface area contributed by atoms with Crippen molar-refractivity contribution in [3.8, 4) is 0 Å². The van der Waals surface area contributed by atoms with E-state index in [4.69, 9.17) is 9.88 Å². The quantitative estimate of drug-likeness (QED) is 0.379. The van der Waals surface area contributed by atoms with E-state index in [0.717, 1.165) is 13.0 Å². The van der Waals surface area contributed by atoms with Gasteiger partial charge in [0.2, 0.25) is 0 Å². The molecule has 0 saturated carbocycles. The Morgan fingerprint density at radius 3 is 2.31 bits per heavy atom. The summed E-state index contributed by atoms with van der Waals surface area (Å²) in [5, 5.41) is 0. The zero-order chi connectivity index (χ0) is 10.2. The first kappa shape index (κ1) is 12.9. The second kappa shape index (κ2) is 7.30. The zero-order valence-electron chi connectivity index (χ0n) is 9.35. The highest BCUT2D eigenvalue weighted by Crippen LogP contribution is 2.05. The molecule has 3 heteroatoms. The standard InChI is InChI=1S/C10H23NO2/c1-5-6-7-8-9-11-13-12-10(2,3)4/h11H,5-9H2,1-4H3. The van der Waals surface area contributed by atoms with Gasteiger partial charge in [-0.15, -0.1) is 4.99 Å².